The van der Waals surface area contributed by atoms with Crippen molar-refractivity contribution in [1.82, 2.24) is 0 Å². The Balaban J connectivity index is 2.38. The highest BCUT2D eigenvalue weighted by molar-refractivity contribution is 6.09. The summed E-state index contributed by atoms with van der Waals surface area (Å²) >= 11 is 0. The minimum absolute atomic E-state index is 0.465. The Kier molecular flexibility index (Phi) is 4.10. The van der Waals surface area contributed by atoms with Crippen molar-refractivity contribution in [3.8, 4) is 11.1 Å². The highest BCUT2D eigenvalue weighted by Crippen LogP contribution is 2.55. The molecule has 0 aliphatic heterocycles. The minimum atomic E-state index is 0.465. The van der Waals surface area contributed by atoms with Crippen LogP contribution in [0.2, 0.25) is 0 Å². The lowest BCUT2D eigenvalue weighted by Crippen LogP contribution is -2.02. The summed E-state index contributed by atoms with van der Waals surface area (Å²) in [5, 5.41) is 3.00. The van der Waals surface area contributed by atoms with Crippen molar-refractivity contribution < 1.29 is 0 Å². The SMILES string of the molecule is Cc1c(C)c(C)c2c(c1C)-c1c(c(C)c(C)c3c(C)c(C)c(C)c(C)c13)C2C. The summed E-state index contributed by atoms with van der Waals surface area (Å²) < 4.78 is 0. The fraction of sp³-hybridized carbons (Fsp3) is 0.429. The first kappa shape index (κ1) is 19.2. The van der Waals surface area contributed by atoms with Crippen LogP contribution in [0.25, 0.3) is 21.9 Å². The van der Waals surface area contributed by atoms with Crippen molar-refractivity contribution in [2.45, 2.75) is 82.1 Å². The van der Waals surface area contributed by atoms with Crippen molar-refractivity contribution in [1.29, 1.82) is 0 Å². The molecule has 0 bridgehead atoms. The molecule has 1 unspecified atom stereocenters. The van der Waals surface area contributed by atoms with Crippen LogP contribution in [-0.2, 0) is 0 Å². The van der Waals surface area contributed by atoms with Gasteiger partial charge in [-0.3, -0.25) is 0 Å². The monoisotopic (exact) mass is 370 g/mol. The van der Waals surface area contributed by atoms with Crippen LogP contribution in [0.15, 0.2) is 0 Å². The van der Waals surface area contributed by atoms with Crippen molar-refractivity contribution in [2.24, 2.45) is 0 Å². The fourth-order valence-electron chi connectivity index (χ4n) is 5.96. The molecule has 0 saturated carbocycles. The second kappa shape index (κ2) is 5.96. The maximum Gasteiger partial charge on any atom is 0.00790 e. The number of benzene rings is 3. The van der Waals surface area contributed by atoms with Crippen LogP contribution in [0.5, 0.6) is 0 Å². The molecule has 4 rings (SSSR count). The molecule has 1 atom stereocenters. The zero-order chi connectivity index (χ0) is 20.8. The van der Waals surface area contributed by atoms with E-state index in [1.165, 1.54) is 77.5 Å². The van der Waals surface area contributed by atoms with E-state index in [0.717, 1.165) is 0 Å². The molecule has 0 radical (unpaired) electrons. The van der Waals surface area contributed by atoms with Gasteiger partial charge in [-0.25, -0.2) is 0 Å². The second-order valence-electron chi connectivity index (χ2n) is 9.30. The third kappa shape index (κ3) is 2.07. The predicted octanol–water partition coefficient (Wildman–Crippen LogP) is 8.06. The van der Waals surface area contributed by atoms with Gasteiger partial charge in [0.15, 0.2) is 0 Å². The van der Waals surface area contributed by atoms with Gasteiger partial charge in [0.05, 0.1) is 0 Å². The third-order valence-corrected chi connectivity index (χ3v) is 8.40. The summed E-state index contributed by atoms with van der Waals surface area (Å²) in [6.45, 7) is 25.6. The number of hydrogen-bond acceptors (Lipinski definition) is 0. The van der Waals surface area contributed by atoms with Gasteiger partial charge in [0.2, 0.25) is 0 Å². The average molecular weight is 371 g/mol. The first-order valence-corrected chi connectivity index (χ1v) is 10.7. The van der Waals surface area contributed by atoms with Crippen molar-refractivity contribution in [2.75, 3.05) is 0 Å². The van der Waals surface area contributed by atoms with Gasteiger partial charge in [0.25, 0.3) is 0 Å². The smallest absolute Gasteiger partial charge is 0.00790 e. The molecule has 0 saturated heterocycles. The molecule has 0 heterocycles. The fourth-order valence-corrected chi connectivity index (χ4v) is 5.96. The Morgan fingerprint density at radius 2 is 0.714 bits per heavy atom. The molecule has 28 heavy (non-hydrogen) atoms. The van der Waals surface area contributed by atoms with Crippen LogP contribution in [0, 0.1) is 69.2 Å². The average Bonchev–Trinajstić information content (AvgIpc) is 2.97. The van der Waals surface area contributed by atoms with Crippen molar-refractivity contribution in [3.05, 3.63) is 66.8 Å². The number of hydrogen-bond donors (Lipinski definition) is 0. The van der Waals surface area contributed by atoms with Gasteiger partial charge in [-0.05, 0) is 158 Å². The van der Waals surface area contributed by atoms with Crippen LogP contribution in [0.1, 0.15) is 79.6 Å². The van der Waals surface area contributed by atoms with Gasteiger partial charge in [0, 0.05) is 5.92 Å². The van der Waals surface area contributed by atoms with E-state index in [4.69, 9.17) is 0 Å². The van der Waals surface area contributed by atoms with Crippen LogP contribution < -0.4 is 0 Å². The van der Waals surface area contributed by atoms with Gasteiger partial charge in [-0.15, -0.1) is 0 Å². The van der Waals surface area contributed by atoms with Crippen molar-refractivity contribution in [3.63, 3.8) is 0 Å². The normalized spacial score (nSPS) is 15.3. The van der Waals surface area contributed by atoms with Gasteiger partial charge in [-0.1, -0.05) is 6.92 Å². The van der Waals surface area contributed by atoms with Crippen LogP contribution >= 0.6 is 0 Å². The van der Waals surface area contributed by atoms with E-state index in [2.05, 4.69) is 76.2 Å². The summed E-state index contributed by atoms with van der Waals surface area (Å²) in [4.78, 5) is 0. The molecule has 0 nitrogen and oxygen atoms in total. The molecule has 0 spiro atoms. The standard InChI is InChI=1S/C28H34/c1-12-14(3)18(7)26-23(16(12)5)20(9)21(10)25-22(11)24-17(6)13(2)15(4)19(8)27(24)28(25)26/h22H,1-11H3. The largest absolute Gasteiger partial charge is 0.0542 e. The predicted molar refractivity (Wildman–Crippen MR) is 124 cm³/mol. The molecular weight excluding hydrogens is 336 g/mol. The first-order valence-electron chi connectivity index (χ1n) is 10.7. The molecule has 1 aliphatic carbocycles. The zero-order valence-electron chi connectivity index (χ0n) is 19.6. The quantitative estimate of drug-likeness (QED) is 0.375. The Bertz CT molecular complexity index is 1200. The second-order valence-corrected chi connectivity index (χ2v) is 9.30. The molecule has 0 amide bonds. The van der Waals surface area contributed by atoms with E-state index in [-0.39, 0.29) is 0 Å². The van der Waals surface area contributed by atoms with E-state index in [1.54, 1.807) is 11.1 Å². The van der Waals surface area contributed by atoms with E-state index < -0.39 is 0 Å². The van der Waals surface area contributed by atoms with Gasteiger partial charge in [-0.2, -0.15) is 0 Å². The van der Waals surface area contributed by atoms with Crippen LogP contribution in [-0.4, -0.2) is 0 Å². The highest BCUT2D eigenvalue weighted by Gasteiger charge is 2.35. The molecule has 3 aromatic carbocycles. The minimum Gasteiger partial charge on any atom is -0.0542 e. The van der Waals surface area contributed by atoms with E-state index >= 15 is 0 Å². The highest BCUT2D eigenvalue weighted by atomic mass is 14.4. The first-order chi connectivity index (χ1) is 13.0. The summed E-state index contributed by atoms with van der Waals surface area (Å²) in [6, 6.07) is 0. The number of fused-ring (bicyclic) bond motifs is 5. The maximum absolute atomic E-state index is 2.42. The Morgan fingerprint density at radius 1 is 0.357 bits per heavy atom. The summed E-state index contributed by atoms with van der Waals surface area (Å²) in [5.41, 5.74) is 20.9. The third-order valence-electron chi connectivity index (χ3n) is 8.40. The molecule has 146 valence electrons. The molecule has 0 heteroatoms. The van der Waals surface area contributed by atoms with E-state index in [0.29, 0.717) is 5.92 Å². The lowest BCUT2D eigenvalue weighted by molar-refractivity contribution is 0.923. The topological polar surface area (TPSA) is 0 Å². The number of rotatable bonds is 0. The van der Waals surface area contributed by atoms with E-state index in [1.807, 2.05) is 0 Å². The van der Waals surface area contributed by atoms with Gasteiger partial charge in [0.1, 0.15) is 0 Å². The molecule has 0 aromatic heterocycles. The zero-order valence-corrected chi connectivity index (χ0v) is 19.6. The number of aryl methyl sites for hydroxylation is 3. The maximum atomic E-state index is 2.42. The molecule has 0 fully saturated rings. The Labute approximate surface area is 171 Å². The van der Waals surface area contributed by atoms with Crippen LogP contribution in [0.4, 0.5) is 0 Å². The molecular formula is C28H34. The Morgan fingerprint density at radius 3 is 1.29 bits per heavy atom. The molecule has 0 N–H and O–H groups in total. The van der Waals surface area contributed by atoms with E-state index in [9.17, 15) is 0 Å². The summed E-state index contributed by atoms with van der Waals surface area (Å²) in [7, 11) is 0. The van der Waals surface area contributed by atoms with Crippen molar-refractivity contribution >= 4 is 10.8 Å². The summed E-state index contributed by atoms with van der Waals surface area (Å²) in [6.07, 6.45) is 0. The van der Waals surface area contributed by atoms with Gasteiger partial charge < -0.3 is 0 Å². The summed E-state index contributed by atoms with van der Waals surface area (Å²) in [5.74, 6) is 0.465. The Hall–Kier alpha value is -2.08. The molecule has 1 aliphatic rings. The lowest BCUT2D eigenvalue weighted by atomic mass is 9.81. The van der Waals surface area contributed by atoms with Crippen LogP contribution in [0.3, 0.4) is 0 Å². The van der Waals surface area contributed by atoms with Gasteiger partial charge >= 0.3 is 0 Å². The molecule has 3 aromatic rings. The lowest BCUT2D eigenvalue weighted by Gasteiger charge is -2.23.